The summed E-state index contributed by atoms with van der Waals surface area (Å²) < 4.78 is 69.4. The molecule has 186 valence electrons. The Morgan fingerprint density at radius 3 is 2.83 bits per heavy atom. The van der Waals surface area contributed by atoms with E-state index in [0.717, 1.165) is 6.07 Å². The molecule has 0 fully saturated rings. The van der Waals surface area contributed by atoms with E-state index >= 15 is 0 Å². The summed E-state index contributed by atoms with van der Waals surface area (Å²) in [4.78, 5) is 16.7. The first-order valence-corrected chi connectivity index (χ1v) is 11.8. The molecule has 0 spiro atoms. The zero-order valence-corrected chi connectivity index (χ0v) is 19.4. The number of aryl methyl sites for hydroxylation is 1. The van der Waals surface area contributed by atoms with Crippen LogP contribution in [0.4, 0.5) is 23.7 Å². The molecular weight excluding hydrogens is 489 g/mol. The Bertz CT molecular complexity index is 1410. The van der Waals surface area contributed by atoms with Crippen LogP contribution in [0.15, 0.2) is 45.9 Å². The zero-order chi connectivity index (χ0) is 25.4. The van der Waals surface area contributed by atoms with E-state index < -0.39 is 27.7 Å². The number of alkyl halides is 3. The maximum atomic E-state index is 13.6. The summed E-state index contributed by atoms with van der Waals surface area (Å²) in [5.74, 6) is 0.359. The molecule has 2 aromatic heterocycles. The molecule has 0 aliphatic carbocycles. The van der Waals surface area contributed by atoms with E-state index in [4.69, 9.17) is 14.6 Å². The number of ether oxygens (including phenoxy) is 2. The first-order chi connectivity index (χ1) is 16.5. The van der Waals surface area contributed by atoms with Crippen LogP contribution in [0.3, 0.4) is 0 Å². The van der Waals surface area contributed by atoms with Crippen LogP contribution in [-0.2, 0) is 22.6 Å². The number of rotatable bonds is 4. The van der Waals surface area contributed by atoms with Gasteiger partial charge in [0.05, 0.1) is 31.2 Å². The number of amides is 2. The fourth-order valence-electron chi connectivity index (χ4n) is 3.66. The fourth-order valence-corrected chi connectivity index (χ4v) is 4.66. The van der Waals surface area contributed by atoms with Crippen LogP contribution >= 0.6 is 0 Å². The second-order valence-electron chi connectivity index (χ2n) is 7.57. The summed E-state index contributed by atoms with van der Waals surface area (Å²) in [7, 11) is -2.42. The minimum atomic E-state index is -4.68. The summed E-state index contributed by atoms with van der Waals surface area (Å²) in [6, 6.07) is 3.96. The Morgan fingerprint density at radius 1 is 1.34 bits per heavy atom. The quantitative estimate of drug-likeness (QED) is 0.545. The lowest BCUT2D eigenvalue weighted by molar-refractivity contribution is -0.138. The maximum absolute atomic E-state index is 13.6. The van der Waals surface area contributed by atoms with Crippen molar-refractivity contribution in [1.29, 1.82) is 0 Å². The second-order valence-corrected chi connectivity index (χ2v) is 9.33. The average molecular weight is 510 g/mol. The van der Waals surface area contributed by atoms with E-state index in [0.29, 0.717) is 25.1 Å². The predicted molar refractivity (Wildman–Crippen MR) is 120 cm³/mol. The first-order valence-electron chi connectivity index (χ1n) is 10.3. The third kappa shape index (κ3) is 4.93. The van der Waals surface area contributed by atoms with Crippen molar-refractivity contribution in [3.63, 3.8) is 0 Å². The molecule has 1 atom stereocenters. The van der Waals surface area contributed by atoms with Crippen molar-refractivity contribution in [2.75, 3.05) is 19.0 Å². The van der Waals surface area contributed by atoms with Crippen LogP contribution in [0.25, 0.3) is 11.1 Å². The number of halogens is 3. The van der Waals surface area contributed by atoms with Crippen LogP contribution < -0.4 is 19.9 Å². The molecule has 0 unspecified atom stereocenters. The van der Waals surface area contributed by atoms with Gasteiger partial charge in [-0.1, -0.05) is 6.07 Å². The van der Waals surface area contributed by atoms with Gasteiger partial charge in [-0.05, 0) is 30.2 Å². The topological polar surface area (TPSA) is 134 Å². The molecule has 35 heavy (non-hydrogen) atoms. The minimum Gasteiger partial charge on any atom is -0.481 e. The summed E-state index contributed by atoms with van der Waals surface area (Å²) in [5.41, 5.74) is -0.717. The van der Waals surface area contributed by atoms with Gasteiger partial charge in [-0.2, -0.15) is 18.3 Å². The molecule has 1 aliphatic heterocycles. The Hall–Kier alpha value is -3.65. The number of hydrogen-bond donors (Lipinski definition) is 2. The number of carbonyl (C=O) groups excluding carboxylic acids is 1. The number of carbonyl (C=O) groups is 1. The number of methoxy groups -OCH3 is 1. The molecule has 3 aromatic rings. The number of nitrogens with one attached hydrogen (secondary N) is 1. The Labute approximate surface area is 198 Å². The van der Waals surface area contributed by atoms with Gasteiger partial charge in [0.1, 0.15) is 4.90 Å². The Morgan fingerprint density at radius 2 is 2.11 bits per heavy atom. The van der Waals surface area contributed by atoms with Gasteiger partial charge in [-0.3, -0.25) is 0 Å². The molecular formula is C21H21F3N6O4S. The number of nitrogens with zero attached hydrogens (tertiary/aromatic N) is 4. The zero-order valence-electron chi connectivity index (χ0n) is 18.6. The highest BCUT2D eigenvalue weighted by molar-refractivity contribution is 7.91. The van der Waals surface area contributed by atoms with Gasteiger partial charge in [-0.15, -0.1) is 4.36 Å². The second kappa shape index (κ2) is 9.19. The van der Waals surface area contributed by atoms with Crippen molar-refractivity contribution < 1.29 is 31.6 Å². The lowest BCUT2D eigenvalue weighted by Crippen LogP contribution is -2.21. The lowest BCUT2D eigenvalue weighted by Gasteiger charge is -2.19. The van der Waals surface area contributed by atoms with Gasteiger partial charge in [-0.25, -0.2) is 23.8 Å². The van der Waals surface area contributed by atoms with Crippen LogP contribution in [-0.4, -0.2) is 38.7 Å². The van der Waals surface area contributed by atoms with Crippen molar-refractivity contribution >= 4 is 21.6 Å². The number of nitrogens with two attached hydrogens (primary N) is 1. The van der Waals surface area contributed by atoms with Gasteiger partial charge in [0, 0.05) is 30.8 Å². The number of pyridine rings is 1. The van der Waals surface area contributed by atoms with Gasteiger partial charge < -0.3 is 14.8 Å². The fraction of sp³-hybridized carbons (Fsp3) is 0.286. The highest BCUT2D eigenvalue weighted by atomic mass is 32.2. The SMILES string of the molecule is COc1cc(-c2ccc(C(F)(F)F)c(C)c2NC(=O)N=[S@](N)(=O)c2cnn3c2OCCC3)ccn1. The van der Waals surface area contributed by atoms with Gasteiger partial charge in [0.25, 0.3) is 0 Å². The minimum absolute atomic E-state index is 0.0767. The van der Waals surface area contributed by atoms with Crippen molar-refractivity contribution in [1.82, 2.24) is 14.8 Å². The van der Waals surface area contributed by atoms with E-state index in [1.165, 1.54) is 43.2 Å². The van der Waals surface area contributed by atoms with E-state index in [-0.39, 0.29) is 33.5 Å². The average Bonchev–Trinajstić information content (AvgIpc) is 3.24. The van der Waals surface area contributed by atoms with Gasteiger partial charge in [0.15, 0.2) is 9.92 Å². The smallest absolute Gasteiger partial charge is 0.416 e. The van der Waals surface area contributed by atoms with Crippen LogP contribution in [0.5, 0.6) is 11.8 Å². The molecule has 0 radical (unpaired) electrons. The Kier molecular flexibility index (Phi) is 6.42. The molecule has 2 amide bonds. The molecule has 4 rings (SSSR count). The summed E-state index contributed by atoms with van der Waals surface area (Å²) in [5, 5.41) is 12.2. The molecule has 1 aromatic carbocycles. The summed E-state index contributed by atoms with van der Waals surface area (Å²) >= 11 is 0. The van der Waals surface area contributed by atoms with Crippen LogP contribution in [0.1, 0.15) is 17.5 Å². The van der Waals surface area contributed by atoms with Crippen molar-refractivity contribution in [3.8, 4) is 22.9 Å². The standard InChI is InChI=1S/C21H21F3N6O4S/c1-12-15(21(22,23)24)5-4-14(13-6-7-26-17(10-13)33-2)18(12)28-20(31)29-35(25,32)16-11-27-30-8-3-9-34-19(16)30/h4-7,10-11H,3,8-9H2,1-2H3,(H3,25,28,29,31,32)/t35-/m0/s1. The highest BCUT2D eigenvalue weighted by Gasteiger charge is 2.34. The maximum Gasteiger partial charge on any atom is 0.416 e. The van der Waals surface area contributed by atoms with Crippen molar-refractivity contribution in [3.05, 3.63) is 47.8 Å². The third-order valence-electron chi connectivity index (χ3n) is 5.30. The molecule has 0 saturated heterocycles. The monoisotopic (exact) mass is 510 g/mol. The molecule has 0 saturated carbocycles. The molecule has 1 aliphatic rings. The summed E-state index contributed by atoms with van der Waals surface area (Å²) in [6.07, 6.45) is -1.38. The largest absolute Gasteiger partial charge is 0.481 e. The normalized spacial score (nSPS) is 14.9. The number of fused-ring (bicyclic) bond motifs is 1. The predicted octanol–water partition coefficient (Wildman–Crippen LogP) is 4.00. The number of aromatic nitrogens is 3. The Balaban J connectivity index is 1.77. The highest BCUT2D eigenvalue weighted by Crippen LogP contribution is 2.40. The summed E-state index contributed by atoms with van der Waals surface area (Å²) in [6.45, 7) is 2.07. The molecule has 3 heterocycles. The molecule has 10 nitrogen and oxygen atoms in total. The third-order valence-corrected chi connectivity index (χ3v) is 6.65. The number of anilines is 1. The van der Waals surface area contributed by atoms with E-state index in [2.05, 4.69) is 19.8 Å². The number of urea groups is 1. The molecule has 0 bridgehead atoms. The van der Waals surface area contributed by atoms with Gasteiger partial charge in [0.2, 0.25) is 11.8 Å². The first kappa shape index (κ1) is 24.5. The number of benzene rings is 1. The molecule has 3 N–H and O–H groups in total. The van der Waals surface area contributed by atoms with Crippen molar-refractivity contribution in [2.24, 2.45) is 9.50 Å². The van der Waals surface area contributed by atoms with Gasteiger partial charge >= 0.3 is 12.2 Å². The van der Waals surface area contributed by atoms with Crippen LogP contribution in [0.2, 0.25) is 0 Å². The van der Waals surface area contributed by atoms with Crippen molar-refractivity contribution in [2.45, 2.75) is 31.0 Å². The van der Waals surface area contributed by atoms with Crippen LogP contribution in [0, 0.1) is 6.92 Å². The van der Waals surface area contributed by atoms with E-state index in [1.54, 1.807) is 6.07 Å². The molecule has 14 heteroatoms. The van der Waals surface area contributed by atoms with E-state index in [9.17, 15) is 22.2 Å². The van der Waals surface area contributed by atoms with E-state index in [1.807, 2.05) is 0 Å². The number of hydrogen-bond acceptors (Lipinski definition) is 6. The lowest BCUT2D eigenvalue weighted by atomic mass is 9.97.